The molecular weight excluding hydrogens is 223 g/mol. The summed E-state index contributed by atoms with van der Waals surface area (Å²) in [6.07, 6.45) is 0.989. The first kappa shape index (κ1) is 11.7. The van der Waals surface area contributed by atoms with Gasteiger partial charge in [-0.2, -0.15) is 11.8 Å². The Morgan fingerprint density at radius 2 is 2.31 bits per heavy atom. The molecular formula is C12H17FN2S. The number of halogens is 1. The van der Waals surface area contributed by atoms with Crippen molar-refractivity contribution in [3.05, 3.63) is 30.1 Å². The third kappa shape index (κ3) is 2.33. The zero-order valence-corrected chi connectivity index (χ0v) is 10.2. The van der Waals surface area contributed by atoms with E-state index in [0.29, 0.717) is 17.5 Å². The van der Waals surface area contributed by atoms with E-state index in [-0.39, 0.29) is 11.4 Å². The van der Waals surface area contributed by atoms with Crippen molar-refractivity contribution in [1.82, 2.24) is 0 Å². The fourth-order valence-electron chi connectivity index (χ4n) is 2.10. The molecule has 0 radical (unpaired) electrons. The first-order chi connectivity index (χ1) is 7.65. The number of thioether (sulfide) groups is 1. The second kappa shape index (κ2) is 4.63. The van der Waals surface area contributed by atoms with Crippen LogP contribution in [0.15, 0.2) is 24.3 Å². The van der Waals surface area contributed by atoms with Crippen molar-refractivity contribution in [2.75, 3.05) is 17.6 Å². The van der Waals surface area contributed by atoms with Crippen molar-refractivity contribution in [1.29, 1.82) is 0 Å². The zero-order chi connectivity index (χ0) is 11.6. The van der Waals surface area contributed by atoms with E-state index in [2.05, 4.69) is 12.2 Å². The lowest BCUT2D eigenvalue weighted by molar-refractivity contribution is 0.507. The van der Waals surface area contributed by atoms with Gasteiger partial charge in [-0.3, -0.25) is 0 Å². The molecule has 1 aromatic carbocycles. The van der Waals surface area contributed by atoms with Crippen LogP contribution >= 0.6 is 11.8 Å². The van der Waals surface area contributed by atoms with Crippen LogP contribution in [0.2, 0.25) is 0 Å². The molecule has 2 nitrogen and oxygen atoms in total. The Balaban J connectivity index is 2.16. The average molecular weight is 240 g/mol. The van der Waals surface area contributed by atoms with Gasteiger partial charge < -0.3 is 11.1 Å². The van der Waals surface area contributed by atoms with Gasteiger partial charge in [-0.15, -0.1) is 0 Å². The molecule has 3 N–H and O–H groups in total. The van der Waals surface area contributed by atoms with Crippen molar-refractivity contribution < 1.29 is 4.39 Å². The summed E-state index contributed by atoms with van der Waals surface area (Å²) in [5.74, 6) is 0.735. The molecule has 88 valence electrons. The number of rotatable bonds is 3. The Kier molecular flexibility index (Phi) is 3.40. The predicted octanol–water partition coefficient (Wildman–Crippen LogP) is 2.46. The molecule has 1 saturated heterocycles. The van der Waals surface area contributed by atoms with E-state index in [9.17, 15) is 4.39 Å². The molecule has 4 heteroatoms. The van der Waals surface area contributed by atoms with Crippen molar-refractivity contribution in [3.63, 3.8) is 0 Å². The highest BCUT2D eigenvalue weighted by Gasteiger charge is 2.37. The Bertz CT molecular complexity index is 372. The Morgan fingerprint density at radius 1 is 1.56 bits per heavy atom. The first-order valence-electron chi connectivity index (χ1n) is 5.50. The van der Waals surface area contributed by atoms with E-state index >= 15 is 0 Å². The molecule has 1 aliphatic heterocycles. The normalized spacial score (nSPS) is 29.3. The quantitative estimate of drug-likeness (QED) is 0.852. The Labute approximate surface area is 99.8 Å². The molecule has 0 bridgehead atoms. The summed E-state index contributed by atoms with van der Waals surface area (Å²) in [5.41, 5.74) is 6.24. The second-order valence-electron chi connectivity index (χ2n) is 4.42. The van der Waals surface area contributed by atoms with Crippen LogP contribution in [-0.4, -0.2) is 23.1 Å². The molecule has 0 spiro atoms. The fourth-order valence-corrected chi connectivity index (χ4v) is 3.45. The monoisotopic (exact) mass is 240 g/mol. The van der Waals surface area contributed by atoms with Gasteiger partial charge in [0.1, 0.15) is 5.82 Å². The highest BCUT2D eigenvalue weighted by Crippen LogP contribution is 2.36. The van der Waals surface area contributed by atoms with E-state index in [1.165, 1.54) is 6.07 Å². The highest BCUT2D eigenvalue weighted by molar-refractivity contribution is 8.00. The third-order valence-electron chi connectivity index (χ3n) is 2.99. The molecule has 2 rings (SSSR count). The summed E-state index contributed by atoms with van der Waals surface area (Å²) in [7, 11) is 0. The lowest BCUT2D eigenvalue weighted by atomic mass is 9.96. The molecule has 0 saturated carbocycles. The van der Waals surface area contributed by atoms with Crippen LogP contribution in [0.5, 0.6) is 0 Å². The van der Waals surface area contributed by atoms with E-state index in [1.54, 1.807) is 12.1 Å². The second-order valence-corrected chi connectivity index (χ2v) is 5.84. The Hall–Kier alpha value is -0.740. The van der Waals surface area contributed by atoms with Crippen LogP contribution in [0.4, 0.5) is 10.1 Å². The Morgan fingerprint density at radius 3 is 2.88 bits per heavy atom. The van der Waals surface area contributed by atoms with E-state index in [4.69, 9.17) is 5.73 Å². The van der Waals surface area contributed by atoms with Gasteiger partial charge in [-0.05, 0) is 18.6 Å². The van der Waals surface area contributed by atoms with Gasteiger partial charge in [0.05, 0.1) is 11.2 Å². The summed E-state index contributed by atoms with van der Waals surface area (Å²) in [4.78, 5) is 0. The highest BCUT2D eigenvalue weighted by atomic mass is 32.2. The van der Waals surface area contributed by atoms with Crippen LogP contribution in [-0.2, 0) is 0 Å². The van der Waals surface area contributed by atoms with Crippen molar-refractivity contribution in [3.8, 4) is 0 Å². The molecule has 0 aliphatic carbocycles. The molecule has 2 unspecified atom stereocenters. The molecule has 16 heavy (non-hydrogen) atoms. The third-order valence-corrected chi connectivity index (χ3v) is 4.44. The van der Waals surface area contributed by atoms with Gasteiger partial charge in [-0.25, -0.2) is 4.39 Å². The number of nitrogens with one attached hydrogen (secondary N) is 1. The summed E-state index contributed by atoms with van der Waals surface area (Å²) in [6, 6.07) is 6.77. The maximum Gasteiger partial charge on any atom is 0.146 e. The summed E-state index contributed by atoms with van der Waals surface area (Å²) in [5, 5.41) is 3.87. The van der Waals surface area contributed by atoms with Gasteiger partial charge in [-0.1, -0.05) is 19.1 Å². The van der Waals surface area contributed by atoms with Gasteiger partial charge in [0.2, 0.25) is 0 Å². The minimum Gasteiger partial charge on any atom is -0.375 e. The summed E-state index contributed by atoms with van der Waals surface area (Å²) in [6.45, 7) is 2.73. The molecule has 1 heterocycles. The van der Waals surface area contributed by atoms with E-state index in [0.717, 1.165) is 12.2 Å². The van der Waals surface area contributed by atoms with Gasteiger partial charge in [0, 0.05) is 17.5 Å². The van der Waals surface area contributed by atoms with Gasteiger partial charge in [0.15, 0.2) is 0 Å². The SMILES string of the molecule is CC1CC(CN)(Nc2ccccc2F)CS1. The number of hydrogen-bond acceptors (Lipinski definition) is 3. The van der Waals surface area contributed by atoms with Crippen LogP contribution in [0, 0.1) is 5.82 Å². The molecule has 1 fully saturated rings. The van der Waals surface area contributed by atoms with Crippen LogP contribution in [0.25, 0.3) is 0 Å². The summed E-state index contributed by atoms with van der Waals surface area (Å²) >= 11 is 1.89. The number of benzene rings is 1. The summed E-state index contributed by atoms with van der Waals surface area (Å²) < 4.78 is 13.5. The predicted molar refractivity (Wildman–Crippen MR) is 68.3 cm³/mol. The maximum absolute atomic E-state index is 13.5. The van der Waals surface area contributed by atoms with E-state index in [1.807, 2.05) is 17.8 Å². The van der Waals surface area contributed by atoms with Gasteiger partial charge >= 0.3 is 0 Å². The lowest BCUT2D eigenvalue weighted by Gasteiger charge is -2.29. The minimum absolute atomic E-state index is 0.147. The van der Waals surface area contributed by atoms with E-state index < -0.39 is 0 Å². The molecule has 2 atom stereocenters. The van der Waals surface area contributed by atoms with Crippen molar-refractivity contribution in [2.45, 2.75) is 24.1 Å². The minimum atomic E-state index is -0.208. The zero-order valence-electron chi connectivity index (χ0n) is 9.37. The largest absolute Gasteiger partial charge is 0.375 e. The number of hydrogen-bond donors (Lipinski definition) is 2. The van der Waals surface area contributed by atoms with Crippen LogP contribution in [0.3, 0.4) is 0 Å². The van der Waals surface area contributed by atoms with Gasteiger partial charge in [0.25, 0.3) is 0 Å². The number of nitrogens with two attached hydrogens (primary N) is 1. The number of para-hydroxylation sites is 1. The first-order valence-corrected chi connectivity index (χ1v) is 6.54. The lowest BCUT2D eigenvalue weighted by Crippen LogP contribution is -2.46. The number of anilines is 1. The molecule has 1 aromatic rings. The average Bonchev–Trinajstić information content (AvgIpc) is 2.65. The van der Waals surface area contributed by atoms with Crippen LogP contribution < -0.4 is 11.1 Å². The standard InChI is InChI=1S/C12H17FN2S/c1-9-6-12(7-14,8-16-9)15-11-5-3-2-4-10(11)13/h2-5,9,15H,6-8,14H2,1H3. The van der Waals surface area contributed by atoms with Crippen LogP contribution in [0.1, 0.15) is 13.3 Å². The van der Waals surface area contributed by atoms with Crippen molar-refractivity contribution in [2.24, 2.45) is 5.73 Å². The smallest absolute Gasteiger partial charge is 0.146 e. The maximum atomic E-state index is 13.5. The molecule has 0 amide bonds. The topological polar surface area (TPSA) is 38.0 Å². The molecule has 1 aliphatic rings. The molecule has 0 aromatic heterocycles. The van der Waals surface area contributed by atoms with Crippen molar-refractivity contribution >= 4 is 17.4 Å². The fraction of sp³-hybridized carbons (Fsp3) is 0.500.